The number of amides is 1. The van der Waals surface area contributed by atoms with Crippen LogP contribution in [-0.2, 0) is 14.8 Å². The zero-order valence-corrected chi connectivity index (χ0v) is 18.7. The van der Waals surface area contributed by atoms with Gasteiger partial charge in [0, 0.05) is 31.9 Å². The van der Waals surface area contributed by atoms with E-state index >= 15 is 0 Å². The van der Waals surface area contributed by atoms with Gasteiger partial charge in [0.2, 0.25) is 15.9 Å². The Balaban J connectivity index is 1.38. The number of hydrogen-bond donors (Lipinski definition) is 1. The Bertz CT molecular complexity index is 1200. The van der Waals surface area contributed by atoms with Gasteiger partial charge in [-0.25, -0.2) is 8.42 Å². The molecule has 1 saturated heterocycles. The average molecular weight is 438 g/mol. The number of sulfonamides is 1. The third kappa shape index (κ3) is 4.63. The Morgan fingerprint density at radius 2 is 1.52 bits per heavy atom. The molecule has 1 N–H and O–H groups in total. The molecule has 0 bridgehead atoms. The number of piperazine rings is 1. The molecule has 1 aliphatic rings. The van der Waals surface area contributed by atoms with Crippen LogP contribution in [0.3, 0.4) is 0 Å². The number of carbonyl (C=O) groups excluding carboxylic acids is 1. The van der Waals surface area contributed by atoms with E-state index in [9.17, 15) is 13.2 Å². The molecule has 0 atom stereocenters. The summed E-state index contributed by atoms with van der Waals surface area (Å²) >= 11 is 0. The first-order chi connectivity index (χ1) is 14.8. The molecular weight excluding hydrogens is 410 g/mol. The number of anilines is 1. The van der Waals surface area contributed by atoms with Crippen molar-refractivity contribution in [1.29, 1.82) is 0 Å². The number of carbonyl (C=O) groups is 1. The van der Waals surface area contributed by atoms with Crippen molar-refractivity contribution < 1.29 is 13.2 Å². The lowest BCUT2D eigenvalue weighted by Crippen LogP contribution is -2.50. The minimum atomic E-state index is -3.56. The fourth-order valence-electron chi connectivity index (χ4n) is 4.00. The van der Waals surface area contributed by atoms with Crippen molar-refractivity contribution >= 4 is 32.4 Å². The summed E-state index contributed by atoms with van der Waals surface area (Å²) in [5.74, 6) is -0.0803. The average Bonchev–Trinajstić information content (AvgIpc) is 2.76. The standard InChI is InChI=1S/C24H27N3O3S/c1-18-6-5-7-19(2)24(18)25-23(28)17-26-12-14-27(15-13-26)31(29,30)22-11-10-20-8-3-4-9-21(20)16-22/h3-11,16H,12-15,17H2,1-2H3,(H,25,28). The second-order valence-electron chi connectivity index (χ2n) is 8.00. The van der Waals surface area contributed by atoms with Crippen molar-refractivity contribution in [2.24, 2.45) is 0 Å². The number of fused-ring (bicyclic) bond motifs is 1. The lowest BCUT2D eigenvalue weighted by molar-refractivity contribution is -0.117. The van der Waals surface area contributed by atoms with Gasteiger partial charge in [-0.2, -0.15) is 4.31 Å². The van der Waals surface area contributed by atoms with Crippen molar-refractivity contribution in [3.05, 3.63) is 71.8 Å². The Morgan fingerprint density at radius 3 is 2.19 bits per heavy atom. The van der Waals surface area contributed by atoms with Gasteiger partial charge in [0.05, 0.1) is 11.4 Å². The molecule has 7 heteroatoms. The molecule has 0 aliphatic carbocycles. The summed E-state index contributed by atoms with van der Waals surface area (Å²) in [5, 5.41) is 4.92. The van der Waals surface area contributed by atoms with Crippen molar-refractivity contribution in [3.63, 3.8) is 0 Å². The van der Waals surface area contributed by atoms with Gasteiger partial charge in [0.15, 0.2) is 0 Å². The molecule has 0 aromatic heterocycles. The zero-order chi connectivity index (χ0) is 22.0. The van der Waals surface area contributed by atoms with Gasteiger partial charge in [-0.3, -0.25) is 9.69 Å². The molecule has 1 aliphatic heterocycles. The SMILES string of the molecule is Cc1cccc(C)c1NC(=O)CN1CCN(S(=O)(=O)c2ccc3ccccc3c2)CC1. The van der Waals surface area contributed by atoms with E-state index in [-0.39, 0.29) is 12.5 Å². The van der Waals surface area contributed by atoms with E-state index in [1.807, 2.05) is 67.3 Å². The van der Waals surface area contributed by atoms with Crippen LogP contribution in [-0.4, -0.2) is 56.3 Å². The Hall–Kier alpha value is -2.74. The number of hydrogen-bond acceptors (Lipinski definition) is 4. The van der Waals surface area contributed by atoms with E-state index in [0.29, 0.717) is 31.1 Å². The first kappa shape index (κ1) is 21.5. The first-order valence-corrected chi connectivity index (χ1v) is 11.9. The normalized spacial score (nSPS) is 15.8. The summed E-state index contributed by atoms with van der Waals surface area (Å²) in [4.78, 5) is 14.8. The molecule has 1 heterocycles. The molecule has 162 valence electrons. The van der Waals surface area contributed by atoms with E-state index in [4.69, 9.17) is 0 Å². The van der Waals surface area contributed by atoms with E-state index in [1.54, 1.807) is 12.1 Å². The summed E-state index contributed by atoms with van der Waals surface area (Å²) in [7, 11) is -3.56. The molecule has 3 aromatic carbocycles. The molecule has 0 spiro atoms. The van der Waals surface area contributed by atoms with Crippen LogP contribution in [0.1, 0.15) is 11.1 Å². The van der Waals surface area contributed by atoms with Crippen molar-refractivity contribution in [2.75, 3.05) is 38.0 Å². The van der Waals surface area contributed by atoms with E-state index < -0.39 is 10.0 Å². The Labute approximate surface area is 183 Å². The molecule has 1 fully saturated rings. The van der Waals surface area contributed by atoms with Crippen LogP contribution in [0.4, 0.5) is 5.69 Å². The Morgan fingerprint density at radius 1 is 0.871 bits per heavy atom. The van der Waals surface area contributed by atoms with Crippen LogP contribution in [0.15, 0.2) is 65.6 Å². The summed E-state index contributed by atoms with van der Waals surface area (Å²) < 4.78 is 27.7. The van der Waals surface area contributed by atoms with Crippen molar-refractivity contribution in [3.8, 4) is 0 Å². The molecule has 4 rings (SSSR count). The molecule has 1 amide bonds. The summed E-state index contributed by atoms with van der Waals surface area (Å²) in [6.07, 6.45) is 0. The second-order valence-corrected chi connectivity index (χ2v) is 9.94. The maximum absolute atomic E-state index is 13.1. The van der Waals surface area contributed by atoms with Gasteiger partial charge in [-0.1, -0.05) is 48.5 Å². The highest BCUT2D eigenvalue weighted by atomic mass is 32.2. The Kier molecular flexibility index (Phi) is 6.09. The predicted octanol–water partition coefficient (Wildman–Crippen LogP) is 3.40. The summed E-state index contributed by atoms with van der Waals surface area (Å²) in [5.41, 5.74) is 2.91. The highest BCUT2D eigenvalue weighted by molar-refractivity contribution is 7.89. The minimum absolute atomic E-state index is 0.0803. The fraction of sp³-hybridized carbons (Fsp3) is 0.292. The van der Waals surface area contributed by atoms with E-state index in [2.05, 4.69) is 5.32 Å². The highest BCUT2D eigenvalue weighted by Gasteiger charge is 2.29. The number of nitrogens with one attached hydrogen (secondary N) is 1. The molecule has 0 unspecified atom stereocenters. The van der Waals surface area contributed by atoms with E-state index in [0.717, 1.165) is 27.6 Å². The zero-order valence-electron chi connectivity index (χ0n) is 17.8. The van der Waals surface area contributed by atoms with Crippen LogP contribution in [0.25, 0.3) is 10.8 Å². The largest absolute Gasteiger partial charge is 0.324 e. The van der Waals surface area contributed by atoms with Gasteiger partial charge in [-0.15, -0.1) is 0 Å². The monoisotopic (exact) mass is 437 g/mol. The number of rotatable bonds is 5. The van der Waals surface area contributed by atoms with Gasteiger partial charge >= 0.3 is 0 Å². The van der Waals surface area contributed by atoms with E-state index in [1.165, 1.54) is 4.31 Å². The molecule has 6 nitrogen and oxygen atoms in total. The van der Waals surface area contributed by atoms with Crippen molar-refractivity contribution in [2.45, 2.75) is 18.7 Å². The summed E-state index contributed by atoms with van der Waals surface area (Å²) in [6, 6.07) is 18.9. The lowest BCUT2D eigenvalue weighted by atomic mass is 10.1. The van der Waals surface area contributed by atoms with Gasteiger partial charge in [0.1, 0.15) is 0 Å². The third-order valence-electron chi connectivity index (χ3n) is 5.80. The second kappa shape index (κ2) is 8.78. The topological polar surface area (TPSA) is 69.7 Å². The molecule has 3 aromatic rings. The minimum Gasteiger partial charge on any atom is -0.324 e. The van der Waals surface area contributed by atoms with Gasteiger partial charge in [0.25, 0.3) is 0 Å². The highest BCUT2D eigenvalue weighted by Crippen LogP contribution is 2.23. The maximum atomic E-state index is 13.1. The van der Waals surface area contributed by atoms with Crippen LogP contribution >= 0.6 is 0 Å². The number of nitrogens with zero attached hydrogens (tertiary/aromatic N) is 2. The first-order valence-electron chi connectivity index (χ1n) is 10.4. The predicted molar refractivity (Wildman–Crippen MR) is 124 cm³/mol. The maximum Gasteiger partial charge on any atom is 0.243 e. The van der Waals surface area contributed by atoms with Gasteiger partial charge < -0.3 is 5.32 Å². The lowest BCUT2D eigenvalue weighted by Gasteiger charge is -2.33. The van der Waals surface area contributed by atoms with Gasteiger partial charge in [-0.05, 0) is 47.9 Å². The van der Waals surface area contributed by atoms with Crippen LogP contribution in [0.5, 0.6) is 0 Å². The number of aryl methyl sites for hydroxylation is 2. The molecule has 0 radical (unpaired) electrons. The molecular formula is C24H27N3O3S. The number of benzene rings is 3. The quantitative estimate of drug-likeness (QED) is 0.664. The summed E-state index contributed by atoms with van der Waals surface area (Å²) in [6.45, 7) is 5.97. The fourth-order valence-corrected chi connectivity index (χ4v) is 5.46. The van der Waals surface area contributed by atoms with Crippen molar-refractivity contribution in [1.82, 2.24) is 9.21 Å². The smallest absolute Gasteiger partial charge is 0.243 e. The number of para-hydroxylation sites is 1. The third-order valence-corrected chi connectivity index (χ3v) is 7.70. The van der Waals surface area contributed by atoms with Crippen LogP contribution < -0.4 is 5.32 Å². The molecule has 0 saturated carbocycles. The van der Waals surface area contributed by atoms with Crippen LogP contribution in [0, 0.1) is 13.8 Å². The van der Waals surface area contributed by atoms with Crippen LogP contribution in [0.2, 0.25) is 0 Å². The molecule has 31 heavy (non-hydrogen) atoms.